The molecular formula is C16H24ClN3O. The summed E-state index contributed by atoms with van der Waals surface area (Å²) in [6.07, 6.45) is 0. The van der Waals surface area contributed by atoms with Gasteiger partial charge < -0.3 is 10.2 Å². The Hall–Kier alpha value is -1.26. The minimum absolute atomic E-state index is 0.000818. The number of hydrogen-bond donors (Lipinski definition) is 1. The fourth-order valence-electron chi connectivity index (χ4n) is 2.57. The number of halogens is 1. The lowest BCUT2D eigenvalue weighted by molar-refractivity contribution is 0.131. The highest BCUT2D eigenvalue weighted by Gasteiger charge is 2.21. The van der Waals surface area contributed by atoms with E-state index in [0.29, 0.717) is 17.5 Å². The third kappa shape index (κ3) is 4.90. The van der Waals surface area contributed by atoms with Crippen molar-refractivity contribution in [3.05, 3.63) is 34.9 Å². The van der Waals surface area contributed by atoms with Gasteiger partial charge in [-0.1, -0.05) is 43.6 Å². The van der Waals surface area contributed by atoms with Crippen LogP contribution in [0.5, 0.6) is 0 Å². The molecular weight excluding hydrogens is 286 g/mol. The van der Waals surface area contributed by atoms with Gasteiger partial charge in [-0.15, -0.1) is 0 Å². The molecule has 116 valence electrons. The lowest BCUT2D eigenvalue weighted by atomic mass is 10.2. The van der Waals surface area contributed by atoms with Gasteiger partial charge in [0.05, 0.1) is 0 Å². The lowest BCUT2D eigenvalue weighted by Gasteiger charge is -2.35. The number of hydrogen-bond acceptors (Lipinski definition) is 2. The van der Waals surface area contributed by atoms with E-state index in [0.717, 1.165) is 38.3 Å². The molecule has 5 heteroatoms. The van der Waals surface area contributed by atoms with Gasteiger partial charge in [-0.3, -0.25) is 4.90 Å². The number of benzene rings is 1. The number of carbonyl (C=O) groups excluding carboxylic acids is 1. The number of piperazine rings is 1. The molecule has 1 fully saturated rings. The quantitative estimate of drug-likeness (QED) is 0.928. The molecule has 1 heterocycles. The minimum atomic E-state index is -0.000818. The summed E-state index contributed by atoms with van der Waals surface area (Å²) < 4.78 is 0. The van der Waals surface area contributed by atoms with Crippen molar-refractivity contribution in [1.82, 2.24) is 15.1 Å². The van der Waals surface area contributed by atoms with Gasteiger partial charge in [0.2, 0.25) is 0 Å². The van der Waals surface area contributed by atoms with Crippen molar-refractivity contribution in [2.24, 2.45) is 5.92 Å². The summed E-state index contributed by atoms with van der Waals surface area (Å²) in [6.45, 7) is 9.53. The van der Waals surface area contributed by atoms with E-state index < -0.39 is 0 Å². The number of nitrogens with zero attached hydrogens (tertiary/aromatic N) is 2. The molecule has 0 saturated carbocycles. The molecule has 0 unspecified atom stereocenters. The molecule has 0 spiro atoms. The Balaban J connectivity index is 1.76. The van der Waals surface area contributed by atoms with E-state index >= 15 is 0 Å². The summed E-state index contributed by atoms with van der Waals surface area (Å²) in [7, 11) is 0. The zero-order valence-electron chi connectivity index (χ0n) is 12.8. The molecule has 0 aliphatic carbocycles. The molecule has 1 aromatic carbocycles. The second-order valence-electron chi connectivity index (χ2n) is 5.93. The maximum Gasteiger partial charge on any atom is 0.317 e. The maximum absolute atomic E-state index is 12.2. The Kier molecular flexibility index (Phi) is 5.88. The Morgan fingerprint density at radius 2 is 1.90 bits per heavy atom. The molecule has 1 saturated heterocycles. The van der Waals surface area contributed by atoms with Crippen LogP contribution in [0.1, 0.15) is 19.4 Å². The van der Waals surface area contributed by atoms with Gasteiger partial charge in [0.25, 0.3) is 0 Å². The van der Waals surface area contributed by atoms with Crippen LogP contribution < -0.4 is 5.32 Å². The summed E-state index contributed by atoms with van der Waals surface area (Å²) >= 11 is 6.09. The van der Waals surface area contributed by atoms with E-state index in [1.807, 2.05) is 29.2 Å². The molecule has 2 amide bonds. The molecule has 2 rings (SSSR count). The molecule has 1 aromatic rings. The first kappa shape index (κ1) is 16.1. The van der Waals surface area contributed by atoms with Gasteiger partial charge in [-0.2, -0.15) is 0 Å². The Morgan fingerprint density at radius 1 is 1.24 bits per heavy atom. The van der Waals surface area contributed by atoms with Crippen LogP contribution in [0.15, 0.2) is 24.3 Å². The summed E-state index contributed by atoms with van der Waals surface area (Å²) in [4.78, 5) is 16.5. The first-order valence-electron chi connectivity index (χ1n) is 7.55. The van der Waals surface area contributed by atoms with Crippen molar-refractivity contribution in [3.63, 3.8) is 0 Å². The average molecular weight is 310 g/mol. The number of carbonyl (C=O) groups is 1. The molecule has 4 nitrogen and oxygen atoms in total. The van der Waals surface area contributed by atoms with Crippen LogP contribution >= 0.6 is 11.6 Å². The SMILES string of the molecule is CC(C)CN1CCN(C(=O)NCc2ccccc2Cl)CC1. The van der Waals surface area contributed by atoms with Crippen LogP contribution in [-0.4, -0.2) is 48.6 Å². The molecule has 1 aliphatic rings. The Labute approximate surface area is 132 Å². The van der Waals surface area contributed by atoms with E-state index in [1.54, 1.807) is 0 Å². The van der Waals surface area contributed by atoms with Crippen molar-refractivity contribution in [1.29, 1.82) is 0 Å². The number of urea groups is 1. The molecule has 0 aromatic heterocycles. The highest BCUT2D eigenvalue weighted by atomic mass is 35.5. The normalized spacial score (nSPS) is 16.3. The molecule has 0 bridgehead atoms. The zero-order valence-corrected chi connectivity index (χ0v) is 13.6. The van der Waals surface area contributed by atoms with Gasteiger partial charge in [-0.25, -0.2) is 4.79 Å². The molecule has 0 radical (unpaired) electrons. The van der Waals surface area contributed by atoms with Crippen molar-refractivity contribution < 1.29 is 4.79 Å². The topological polar surface area (TPSA) is 35.6 Å². The third-order valence-corrected chi connectivity index (χ3v) is 4.04. The lowest BCUT2D eigenvalue weighted by Crippen LogP contribution is -2.52. The van der Waals surface area contributed by atoms with Gasteiger partial charge in [0.1, 0.15) is 0 Å². The van der Waals surface area contributed by atoms with Crippen LogP contribution in [0.2, 0.25) is 5.02 Å². The van der Waals surface area contributed by atoms with Gasteiger partial charge in [0, 0.05) is 44.3 Å². The maximum atomic E-state index is 12.2. The largest absolute Gasteiger partial charge is 0.334 e. The predicted molar refractivity (Wildman–Crippen MR) is 86.5 cm³/mol. The first-order valence-corrected chi connectivity index (χ1v) is 7.92. The summed E-state index contributed by atoms with van der Waals surface area (Å²) in [6, 6.07) is 7.59. The van der Waals surface area contributed by atoms with E-state index in [-0.39, 0.29) is 6.03 Å². The first-order chi connectivity index (χ1) is 10.1. The minimum Gasteiger partial charge on any atom is -0.334 e. The fourth-order valence-corrected chi connectivity index (χ4v) is 2.78. The monoisotopic (exact) mass is 309 g/mol. The molecule has 1 N–H and O–H groups in total. The van der Waals surface area contributed by atoms with Crippen molar-refractivity contribution >= 4 is 17.6 Å². The standard InChI is InChI=1S/C16H24ClN3O/c1-13(2)12-19-7-9-20(10-8-19)16(21)18-11-14-5-3-4-6-15(14)17/h3-6,13H,7-12H2,1-2H3,(H,18,21). The van der Waals surface area contributed by atoms with Gasteiger partial charge in [0.15, 0.2) is 0 Å². The van der Waals surface area contributed by atoms with Gasteiger partial charge >= 0.3 is 6.03 Å². The van der Waals surface area contributed by atoms with Crippen LogP contribution in [0.4, 0.5) is 4.79 Å². The molecule has 21 heavy (non-hydrogen) atoms. The second kappa shape index (κ2) is 7.66. The summed E-state index contributed by atoms with van der Waals surface area (Å²) in [5.74, 6) is 0.672. The Morgan fingerprint density at radius 3 is 2.52 bits per heavy atom. The average Bonchev–Trinajstić information content (AvgIpc) is 2.46. The summed E-state index contributed by atoms with van der Waals surface area (Å²) in [5.41, 5.74) is 0.950. The molecule has 1 aliphatic heterocycles. The smallest absolute Gasteiger partial charge is 0.317 e. The fraction of sp³-hybridized carbons (Fsp3) is 0.562. The van der Waals surface area contributed by atoms with Crippen molar-refractivity contribution in [3.8, 4) is 0 Å². The zero-order chi connectivity index (χ0) is 15.2. The van der Waals surface area contributed by atoms with E-state index in [9.17, 15) is 4.79 Å². The predicted octanol–water partition coefficient (Wildman–Crippen LogP) is 2.82. The highest BCUT2D eigenvalue weighted by molar-refractivity contribution is 6.31. The van der Waals surface area contributed by atoms with Crippen molar-refractivity contribution in [2.45, 2.75) is 20.4 Å². The van der Waals surface area contributed by atoms with Crippen LogP contribution in [0.25, 0.3) is 0 Å². The third-order valence-electron chi connectivity index (χ3n) is 3.67. The molecule has 0 atom stereocenters. The number of rotatable bonds is 4. The Bertz CT molecular complexity index is 470. The van der Waals surface area contributed by atoms with Crippen LogP contribution in [-0.2, 0) is 6.54 Å². The van der Waals surface area contributed by atoms with E-state index in [2.05, 4.69) is 24.1 Å². The van der Waals surface area contributed by atoms with Crippen LogP contribution in [0, 0.1) is 5.92 Å². The summed E-state index contributed by atoms with van der Waals surface area (Å²) in [5, 5.41) is 3.64. The van der Waals surface area contributed by atoms with Gasteiger partial charge in [-0.05, 0) is 17.5 Å². The van der Waals surface area contributed by atoms with E-state index in [4.69, 9.17) is 11.6 Å². The second-order valence-corrected chi connectivity index (χ2v) is 6.34. The van der Waals surface area contributed by atoms with Crippen molar-refractivity contribution in [2.75, 3.05) is 32.7 Å². The number of amides is 2. The highest BCUT2D eigenvalue weighted by Crippen LogP contribution is 2.14. The number of nitrogens with one attached hydrogen (secondary N) is 1. The van der Waals surface area contributed by atoms with E-state index in [1.165, 1.54) is 0 Å². The van der Waals surface area contributed by atoms with Crippen LogP contribution in [0.3, 0.4) is 0 Å².